The standard InChI is InChI=1S/C18H23NO4/c1-2-16(20)9-7-15-8-10-17(21)19(15)12-11-13-3-5-14(6-4-13)18(22)23/h3-7,9,15-16,20H,2,8,10-12H2,1H3,(H,22,23)/b9-7+/t15-,16-/m0/s1. The molecule has 124 valence electrons. The first-order chi connectivity index (χ1) is 11.0. The number of likely N-dealkylation sites (tertiary alicyclic amines) is 1. The minimum absolute atomic E-state index is 0.0435. The summed E-state index contributed by atoms with van der Waals surface area (Å²) in [7, 11) is 0. The van der Waals surface area contributed by atoms with E-state index in [0.29, 0.717) is 25.8 Å². The van der Waals surface area contributed by atoms with Crippen molar-refractivity contribution in [1.82, 2.24) is 4.90 Å². The predicted molar refractivity (Wildman–Crippen MR) is 87.3 cm³/mol. The fraction of sp³-hybridized carbons (Fsp3) is 0.444. The van der Waals surface area contributed by atoms with Gasteiger partial charge in [0.2, 0.25) is 5.91 Å². The molecule has 1 aromatic rings. The van der Waals surface area contributed by atoms with Crippen LogP contribution < -0.4 is 0 Å². The van der Waals surface area contributed by atoms with Crippen LogP contribution in [0.5, 0.6) is 0 Å². The van der Waals surface area contributed by atoms with Gasteiger partial charge in [-0.25, -0.2) is 4.79 Å². The second-order valence-electron chi connectivity index (χ2n) is 5.81. The third kappa shape index (κ3) is 4.66. The quantitative estimate of drug-likeness (QED) is 0.756. The largest absolute Gasteiger partial charge is 0.478 e. The molecule has 1 amide bonds. The van der Waals surface area contributed by atoms with Crippen LogP contribution >= 0.6 is 0 Å². The van der Waals surface area contributed by atoms with Crippen molar-refractivity contribution in [1.29, 1.82) is 0 Å². The number of nitrogens with zero attached hydrogens (tertiary/aromatic N) is 1. The summed E-state index contributed by atoms with van der Waals surface area (Å²) in [6, 6.07) is 6.78. The van der Waals surface area contributed by atoms with E-state index in [4.69, 9.17) is 5.11 Å². The maximum Gasteiger partial charge on any atom is 0.335 e. The molecule has 23 heavy (non-hydrogen) atoms. The first-order valence-electron chi connectivity index (χ1n) is 7.99. The lowest BCUT2D eigenvalue weighted by molar-refractivity contribution is -0.128. The molecule has 0 unspecified atom stereocenters. The van der Waals surface area contributed by atoms with Crippen molar-refractivity contribution in [3.63, 3.8) is 0 Å². The van der Waals surface area contributed by atoms with Gasteiger partial charge in [-0.05, 0) is 37.0 Å². The highest BCUT2D eigenvalue weighted by molar-refractivity contribution is 5.87. The molecule has 2 N–H and O–H groups in total. The summed E-state index contributed by atoms with van der Waals surface area (Å²) in [4.78, 5) is 24.7. The number of carbonyl (C=O) groups excluding carboxylic acids is 1. The van der Waals surface area contributed by atoms with E-state index in [1.165, 1.54) is 0 Å². The number of carboxylic acid groups (broad SMARTS) is 1. The molecule has 2 rings (SSSR count). The van der Waals surface area contributed by atoms with E-state index in [-0.39, 0.29) is 17.5 Å². The Bertz CT molecular complexity index is 579. The summed E-state index contributed by atoms with van der Waals surface area (Å²) >= 11 is 0. The molecule has 1 aliphatic heterocycles. The second-order valence-corrected chi connectivity index (χ2v) is 5.81. The van der Waals surface area contributed by atoms with Crippen LogP contribution in [0.4, 0.5) is 0 Å². The van der Waals surface area contributed by atoms with E-state index in [0.717, 1.165) is 12.0 Å². The number of benzene rings is 1. The van der Waals surface area contributed by atoms with Crippen LogP contribution in [0.3, 0.4) is 0 Å². The van der Waals surface area contributed by atoms with Crippen LogP contribution in [0.25, 0.3) is 0 Å². The van der Waals surface area contributed by atoms with E-state index < -0.39 is 12.1 Å². The summed E-state index contributed by atoms with van der Waals surface area (Å²) in [6.45, 7) is 2.51. The lowest BCUT2D eigenvalue weighted by Crippen LogP contribution is -2.33. The van der Waals surface area contributed by atoms with Crippen LogP contribution in [-0.4, -0.2) is 45.7 Å². The molecule has 5 nitrogen and oxygen atoms in total. The Morgan fingerprint density at radius 3 is 2.70 bits per heavy atom. The number of carboxylic acids is 1. The fourth-order valence-corrected chi connectivity index (χ4v) is 2.70. The monoisotopic (exact) mass is 317 g/mol. The number of rotatable bonds is 7. The number of aromatic carboxylic acids is 1. The molecular weight excluding hydrogens is 294 g/mol. The average molecular weight is 317 g/mol. The zero-order valence-corrected chi connectivity index (χ0v) is 13.3. The van der Waals surface area contributed by atoms with Crippen molar-refractivity contribution in [2.45, 2.75) is 44.8 Å². The summed E-state index contributed by atoms with van der Waals surface area (Å²) < 4.78 is 0. The SMILES string of the molecule is CC[C@H](O)/C=C/[C@H]1CCC(=O)N1CCc1ccc(C(=O)O)cc1. The molecule has 1 saturated heterocycles. The number of carbonyl (C=O) groups is 2. The van der Waals surface area contributed by atoms with Crippen LogP contribution in [0, 0.1) is 0 Å². The molecule has 2 atom stereocenters. The van der Waals surface area contributed by atoms with Gasteiger partial charge in [-0.15, -0.1) is 0 Å². The van der Waals surface area contributed by atoms with Crippen molar-refractivity contribution in [3.05, 3.63) is 47.5 Å². The first-order valence-corrected chi connectivity index (χ1v) is 7.99. The van der Waals surface area contributed by atoms with E-state index in [1.807, 2.05) is 17.9 Å². The number of hydrogen-bond acceptors (Lipinski definition) is 3. The Balaban J connectivity index is 1.95. The maximum absolute atomic E-state index is 12.0. The molecular formula is C18H23NO4. The van der Waals surface area contributed by atoms with Gasteiger partial charge in [0, 0.05) is 13.0 Å². The molecule has 0 radical (unpaired) electrons. The molecule has 1 fully saturated rings. The maximum atomic E-state index is 12.0. The Labute approximate surface area is 136 Å². The Hall–Kier alpha value is -2.14. The lowest BCUT2D eigenvalue weighted by Gasteiger charge is -2.22. The average Bonchev–Trinajstić information content (AvgIpc) is 2.91. The van der Waals surface area contributed by atoms with E-state index in [1.54, 1.807) is 30.3 Å². The van der Waals surface area contributed by atoms with Crippen molar-refractivity contribution >= 4 is 11.9 Å². The van der Waals surface area contributed by atoms with Crippen LogP contribution in [-0.2, 0) is 11.2 Å². The van der Waals surface area contributed by atoms with Gasteiger partial charge in [-0.2, -0.15) is 0 Å². The van der Waals surface area contributed by atoms with E-state index in [9.17, 15) is 14.7 Å². The van der Waals surface area contributed by atoms with Gasteiger partial charge < -0.3 is 15.1 Å². The van der Waals surface area contributed by atoms with Crippen molar-refractivity contribution < 1.29 is 19.8 Å². The van der Waals surface area contributed by atoms with Crippen molar-refractivity contribution in [2.24, 2.45) is 0 Å². The predicted octanol–water partition coefficient (Wildman–Crippen LogP) is 2.25. The molecule has 0 bridgehead atoms. The summed E-state index contributed by atoms with van der Waals surface area (Å²) in [5, 5.41) is 18.5. The van der Waals surface area contributed by atoms with Crippen molar-refractivity contribution in [2.75, 3.05) is 6.54 Å². The molecule has 0 saturated carbocycles. The Kier molecular flexibility index (Phi) is 5.93. The number of hydrogen-bond donors (Lipinski definition) is 2. The fourth-order valence-electron chi connectivity index (χ4n) is 2.70. The molecule has 1 aromatic carbocycles. The Morgan fingerprint density at radius 2 is 2.09 bits per heavy atom. The number of aliphatic hydroxyl groups excluding tert-OH is 1. The van der Waals surface area contributed by atoms with Gasteiger partial charge >= 0.3 is 5.97 Å². The molecule has 1 heterocycles. The zero-order valence-electron chi connectivity index (χ0n) is 13.3. The number of amides is 1. The lowest BCUT2D eigenvalue weighted by atomic mass is 10.1. The van der Waals surface area contributed by atoms with Crippen LogP contribution in [0.15, 0.2) is 36.4 Å². The van der Waals surface area contributed by atoms with Crippen LogP contribution in [0.2, 0.25) is 0 Å². The van der Waals surface area contributed by atoms with Gasteiger partial charge in [-0.3, -0.25) is 4.79 Å². The van der Waals surface area contributed by atoms with E-state index >= 15 is 0 Å². The molecule has 0 aliphatic carbocycles. The van der Waals surface area contributed by atoms with E-state index in [2.05, 4.69) is 0 Å². The van der Waals surface area contributed by atoms with Gasteiger partial charge in [0.25, 0.3) is 0 Å². The molecule has 5 heteroatoms. The zero-order chi connectivity index (χ0) is 16.8. The minimum Gasteiger partial charge on any atom is -0.478 e. The third-order valence-corrected chi connectivity index (χ3v) is 4.19. The highest BCUT2D eigenvalue weighted by Crippen LogP contribution is 2.21. The highest BCUT2D eigenvalue weighted by atomic mass is 16.4. The summed E-state index contributed by atoms with van der Waals surface area (Å²) in [5.74, 6) is -0.807. The first kappa shape index (κ1) is 17.2. The normalized spacial score (nSPS) is 19.5. The minimum atomic E-state index is -0.939. The van der Waals surface area contributed by atoms with Gasteiger partial charge in [0.05, 0.1) is 17.7 Å². The van der Waals surface area contributed by atoms with Gasteiger partial charge in [0.15, 0.2) is 0 Å². The van der Waals surface area contributed by atoms with Gasteiger partial charge in [-0.1, -0.05) is 31.2 Å². The smallest absolute Gasteiger partial charge is 0.335 e. The Morgan fingerprint density at radius 1 is 1.39 bits per heavy atom. The topological polar surface area (TPSA) is 77.8 Å². The highest BCUT2D eigenvalue weighted by Gasteiger charge is 2.28. The third-order valence-electron chi connectivity index (χ3n) is 4.19. The van der Waals surface area contributed by atoms with Crippen LogP contribution in [0.1, 0.15) is 42.1 Å². The second kappa shape index (κ2) is 7.92. The summed E-state index contributed by atoms with van der Waals surface area (Å²) in [5.41, 5.74) is 1.27. The molecule has 0 spiro atoms. The molecule has 1 aliphatic rings. The summed E-state index contributed by atoms with van der Waals surface area (Å²) in [6.07, 6.45) is 5.89. The molecule has 0 aromatic heterocycles. The number of aliphatic hydroxyl groups is 1. The van der Waals surface area contributed by atoms with Crippen molar-refractivity contribution in [3.8, 4) is 0 Å². The van der Waals surface area contributed by atoms with Gasteiger partial charge in [0.1, 0.15) is 0 Å².